The Bertz CT molecular complexity index is 430. The molecule has 0 aliphatic carbocycles. The average molecular weight is 264 g/mol. The molecule has 0 bridgehead atoms. The fourth-order valence-electron chi connectivity index (χ4n) is 2.13. The van der Waals surface area contributed by atoms with Gasteiger partial charge in [0.2, 0.25) is 0 Å². The highest BCUT2D eigenvalue weighted by atomic mass is 16.5. The molecule has 106 valence electrons. The minimum absolute atomic E-state index is 0.113. The van der Waals surface area contributed by atoms with Crippen LogP contribution in [0.15, 0.2) is 18.2 Å². The number of anilines is 1. The first-order chi connectivity index (χ1) is 8.95. The van der Waals surface area contributed by atoms with Crippen LogP contribution in [0.2, 0.25) is 0 Å². The third kappa shape index (κ3) is 4.47. The zero-order chi connectivity index (χ0) is 14.4. The van der Waals surface area contributed by atoms with Crippen LogP contribution < -0.4 is 15.8 Å². The lowest BCUT2D eigenvalue weighted by molar-refractivity contribution is 0.0933. The summed E-state index contributed by atoms with van der Waals surface area (Å²) in [5, 5.41) is 2.97. The van der Waals surface area contributed by atoms with E-state index in [1.54, 1.807) is 18.2 Å². The van der Waals surface area contributed by atoms with Gasteiger partial charge in [-0.1, -0.05) is 19.9 Å². The topological polar surface area (TPSA) is 64.3 Å². The fraction of sp³-hybridized carbons (Fsp3) is 0.533. The SMILES string of the molecule is CCOc1cccc(N)c1C(=O)NC(C)CC(C)C. The van der Waals surface area contributed by atoms with Crippen LogP contribution in [0.4, 0.5) is 5.69 Å². The summed E-state index contributed by atoms with van der Waals surface area (Å²) in [5.74, 6) is 0.904. The number of benzene rings is 1. The van der Waals surface area contributed by atoms with Crippen molar-refractivity contribution >= 4 is 11.6 Å². The number of ether oxygens (including phenoxy) is 1. The molecule has 1 aromatic carbocycles. The summed E-state index contributed by atoms with van der Waals surface area (Å²) in [6.07, 6.45) is 0.933. The van der Waals surface area contributed by atoms with Crippen molar-refractivity contribution in [3.8, 4) is 5.75 Å². The standard InChI is InChI=1S/C15H24N2O2/c1-5-19-13-8-6-7-12(16)14(13)15(18)17-11(4)9-10(2)3/h6-8,10-11H,5,9,16H2,1-4H3,(H,17,18). The number of carbonyl (C=O) groups is 1. The van der Waals surface area contributed by atoms with Crippen LogP contribution in [0.5, 0.6) is 5.75 Å². The number of nitrogen functional groups attached to an aromatic ring is 1. The molecule has 0 saturated carbocycles. The molecule has 3 N–H and O–H groups in total. The normalized spacial score (nSPS) is 12.3. The lowest BCUT2D eigenvalue weighted by atomic mass is 10.0. The van der Waals surface area contributed by atoms with Crippen LogP contribution in [-0.2, 0) is 0 Å². The zero-order valence-corrected chi connectivity index (χ0v) is 12.2. The highest BCUT2D eigenvalue weighted by molar-refractivity contribution is 6.02. The van der Waals surface area contributed by atoms with E-state index in [0.29, 0.717) is 29.5 Å². The number of hydrogen-bond donors (Lipinski definition) is 2. The summed E-state index contributed by atoms with van der Waals surface area (Å²) in [7, 11) is 0. The van der Waals surface area contributed by atoms with E-state index in [1.165, 1.54) is 0 Å². The second-order valence-corrected chi connectivity index (χ2v) is 5.16. The van der Waals surface area contributed by atoms with Gasteiger partial charge in [-0.25, -0.2) is 0 Å². The Balaban J connectivity index is 2.86. The van der Waals surface area contributed by atoms with Crippen LogP contribution in [-0.4, -0.2) is 18.6 Å². The summed E-state index contributed by atoms with van der Waals surface area (Å²) in [6.45, 7) is 8.64. The summed E-state index contributed by atoms with van der Waals surface area (Å²) >= 11 is 0. The van der Waals surface area contributed by atoms with Gasteiger partial charge in [-0.05, 0) is 38.3 Å². The van der Waals surface area contributed by atoms with Crippen molar-refractivity contribution in [1.82, 2.24) is 5.32 Å². The molecule has 1 amide bonds. The monoisotopic (exact) mass is 264 g/mol. The zero-order valence-electron chi connectivity index (χ0n) is 12.2. The molecule has 1 aromatic rings. The van der Waals surface area contributed by atoms with Crippen LogP contribution in [0.25, 0.3) is 0 Å². The molecule has 1 rings (SSSR count). The Labute approximate surface area is 115 Å². The number of amides is 1. The summed E-state index contributed by atoms with van der Waals surface area (Å²) < 4.78 is 5.46. The van der Waals surface area contributed by atoms with E-state index in [-0.39, 0.29) is 11.9 Å². The summed E-state index contributed by atoms with van der Waals surface area (Å²) in [6, 6.07) is 5.38. The Morgan fingerprint density at radius 1 is 1.37 bits per heavy atom. The maximum atomic E-state index is 12.3. The van der Waals surface area contributed by atoms with E-state index in [1.807, 2.05) is 13.8 Å². The first-order valence-electron chi connectivity index (χ1n) is 6.77. The molecule has 19 heavy (non-hydrogen) atoms. The minimum atomic E-state index is -0.172. The first-order valence-corrected chi connectivity index (χ1v) is 6.77. The van der Waals surface area contributed by atoms with Crippen LogP contribution >= 0.6 is 0 Å². The van der Waals surface area contributed by atoms with Crippen molar-refractivity contribution in [3.05, 3.63) is 23.8 Å². The molecule has 4 nitrogen and oxygen atoms in total. The third-order valence-corrected chi connectivity index (χ3v) is 2.79. The molecule has 1 unspecified atom stereocenters. The van der Waals surface area contributed by atoms with E-state index in [9.17, 15) is 4.79 Å². The molecular formula is C15H24N2O2. The van der Waals surface area contributed by atoms with Crippen molar-refractivity contribution in [2.45, 2.75) is 40.2 Å². The highest BCUT2D eigenvalue weighted by Gasteiger charge is 2.18. The maximum Gasteiger partial charge on any atom is 0.257 e. The van der Waals surface area contributed by atoms with Gasteiger partial charge in [0, 0.05) is 11.7 Å². The molecule has 0 saturated heterocycles. The van der Waals surface area contributed by atoms with Crippen molar-refractivity contribution in [1.29, 1.82) is 0 Å². The van der Waals surface area contributed by atoms with Crippen molar-refractivity contribution in [2.75, 3.05) is 12.3 Å². The number of carbonyl (C=O) groups excluding carboxylic acids is 1. The quantitative estimate of drug-likeness (QED) is 0.776. The van der Waals surface area contributed by atoms with E-state index in [4.69, 9.17) is 10.5 Å². The highest BCUT2D eigenvalue weighted by Crippen LogP contribution is 2.24. The number of rotatable bonds is 6. The number of nitrogens with two attached hydrogens (primary N) is 1. The van der Waals surface area contributed by atoms with Gasteiger partial charge in [-0.2, -0.15) is 0 Å². The lowest BCUT2D eigenvalue weighted by Gasteiger charge is -2.18. The van der Waals surface area contributed by atoms with Gasteiger partial charge in [0.05, 0.1) is 6.61 Å². The fourth-order valence-corrected chi connectivity index (χ4v) is 2.13. The average Bonchev–Trinajstić information content (AvgIpc) is 2.27. The molecule has 4 heteroatoms. The molecule has 0 heterocycles. The molecular weight excluding hydrogens is 240 g/mol. The Hall–Kier alpha value is -1.71. The van der Waals surface area contributed by atoms with Crippen molar-refractivity contribution in [2.24, 2.45) is 5.92 Å². The van der Waals surface area contributed by atoms with E-state index in [2.05, 4.69) is 19.2 Å². The van der Waals surface area contributed by atoms with Gasteiger partial charge in [0.15, 0.2) is 0 Å². The van der Waals surface area contributed by atoms with Crippen LogP contribution in [0.1, 0.15) is 44.5 Å². The molecule has 0 aromatic heterocycles. The van der Waals surface area contributed by atoms with E-state index < -0.39 is 0 Å². The van der Waals surface area contributed by atoms with E-state index in [0.717, 1.165) is 6.42 Å². The second-order valence-electron chi connectivity index (χ2n) is 5.16. The maximum absolute atomic E-state index is 12.3. The van der Waals surface area contributed by atoms with Crippen LogP contribution in [0.3, 0.4) is 0 Å². The number of hydrogen-bond acceptors (Lipinski definition) is 3. The molecule has 0 aliphatic rings. The van der Waals surface area contributed by atoms with Gasteiger partial charge in [0.1, 0.15) is 11.3 Å². The third-order valence-electron chi connectivity index (χ3n) is 2.79. The predicted octanol–water partition coefficient (Wildman–Crippen LogP) is 2.83. The minimum Gasteiger partial charge on any atom is -0.493 e. The molecule has 0 fully saturated rings. The molecule has 1 atom stereocenters. The van der Waals surface area contributed by atoms with E-state index >= 15 is 0 Å². The Kier molecular flexibility index (Phi) is 5.67. The molecule has 0 spiro atoms. The molecule has 0 radical (unpaired) electrons. The van der Waals surface area contributed by atoms with Crippen molar-refractivity contribution < 1.29 is 9.53 Å². The molecule has 0 aliphatic heterocycles. The summed E-state index contributed by atoms with van der Waals surface area (Å²) in [4.78, 5) is 12.3. The smallest absolute Gasteiger partial charge is 0.257 e. The number of nitrogens with one attached hydrogen (secondary N) is 1. The van der Waals surface area contributed by atoms with Gasteiger partial charge in [-0.15, -0.1) is 0 Å². The second kappa shape index (κ2) is 7.02. The Morgan fingerprint density at radius 2 is 2.05 bits per heavy atom. The van der Waals surface area contributed by atoms with Crippen molar-refractivity contribution in [3.63, 3.8) is 0 Å². The first kappa shape index (κ1) is 15.3. The van der Waals surface area contributed by atoms with Gasteiger partial charge in [-0.3, -0.25) is 4.79 Å². The predicted molar refractivity (Wildman–Crippen MR) is 78.4 cm³/mol. The Morgan fingerprint density at radius 3 is 2.63 bits per heavy atom. The van der Waals surface area contributed by atoms with Gasteiger partial charge in [0.25, 0.3) is 5.91 Å². The van der Waals surface area contributed by atoms with Gasteiger partial charge < -0.3 is 15.8 Å². The van der Waals surface area contributed by atoms with Crippen LogP contribution in [0, 0.1) is 5.92 Å². The van der Waals surface area contributed by atoms with Gasteiger partial charge >= 0.3 is 0 Å². The lowest BCUT2D eigenvalue weighted by Crippen LogP contribution is -2.34. The largest absolute Gasteiger partial charge is 0.493 e. The summed E-state index contributed by atoms with van der Waals surface area (Å²) in [5.41, 5.74) is 6.76.